The molecule has 2 N–H and O–H groups in total. The van der Waals surface area contributed by atoms with Crippen molar-refractivity contribution in [1.29, 1.82) is 0 Å². The van der Waals surface area contributed by atoms with E-state index in [1.54, 1.807) is 30.3 Å². The second-order valence-electron chi connectivity index (χ2n) is 6.02. The molecule has 2 aromatic carbocycles. The number of nitrogens with zero attached hydrogens (tertiary/aromatic N) is 1. The highest BCUT2D eigenvalue weighted by Gasteiger charge is 2.13. The number of amides is 2. The first-order chi connectivity index (χ1) is 13.4. The molecule has 0 unspecified atom stereocenters. The smallest absolute Gasteiger partial charge is 0.329 e. The molecule has 0 fully saturated rings. The highest BCUT2D eigenvalue weighted by Crippen LogP contribution is 2.24. The van der Waals surface area contributed by atoms with Gasteiger partial charge in [-0.15, -0.1) is 0 Å². The maximum Gasteiger partial charge on any atom is 0.329 e. The lowest BCUT2D eigenvalue weighted by atomic mass is 10.1. The van der Waals surface area contributed by atoms with Crippen LogP contribution in [0.25, 0.3) is 0 Å². The molecule has 0 aromatic heterocycles. The van der Waals surface area contributed by atoms with Crippen molar-refractivity contribution in [1.82, 2.24) is 5.43 Å². The van der Waals surface area contributed by atoms with Crippen molar-refractivity contribution in [2.75, 3.05) is 18.5 Å². The summed E-state index contributed by atoms with van der Waals surface area (Å²) in [6.07, 6.45) is 1.42. The zero-order chi connectivity index (χ0) is 20.5. The first-order valence-electron chi connectivity index (χ1n) is 9.05. The van der Waals surface area contributed by atoms with Gasteiger partial charge in [0, 0.05) is 17.3 Å². The molecule has 7 heteroatoms. The van der Waals surface area contributed by atoms with Gasteiger partial charge in [0.2, 0.25) is 0 Å². The maximum atomic E-state index is 12.0. The molecule has 0 heterocycles. The van der Waals surface area contributed by atoms with E-state index < -0.39 is 11.8 Å². The Morgan fingerprint density at radius 2 is 1.71 bits per heavy atom. The first-order valence-corrected chi connectivity index (χ1v) is 9.05. The molecule has 7 nitrogen and oxygen atoms in total. The summed E-state index contributed by atoms with van der Waals surface area (Å²) in [6.45, 7) is 8.69. The SMILES string of the molecule is CCOc1ccc(/C=N\NC(=O)C(=O)Nc2ccc(C)c(C)c2)c(OCC)c1. The van der Waals surface area contributed by atoms with Crippen molar-refractivity contribution in [3.63, 3.8) is 0 Å². The summed E-state index contributed by atoms with van der Waals surface area (Å²) >= 11 is 0. The van der Waals surface area contributed by atoms with Gasteiger partial charge in [-0.2, -0.15) is 5.10 Å². The Hall–Kier alpha value is -3.35. The van der Waals surface area contributed by atoms with Crippen LogP contribution in [-0.2, 0) is 9.59 Å². The summed E-state index contributed by atoms with van der Waals surface area (Å²) in [5, 5.41) is 6.39. The number of nitrogens with one attached hydrogen (secondary N) is 2. The molecule has 148 valence electrons. The lowest BCUT2D eigenvalue weighted by Gasteiger charge is -2.10. The van der Waals surface area contributed by atoms with Crippen molar-refractivity contribution in [2.45, 2.75) is 27.7 Å². The zero-order valence-electron chi connectivity index (χ0n) is 16.5. The van der Waals surface area contributed by atoms with Crippen LogP contribution in [0.5, 0.6) is 11.5 Å². The van der Waals surface area contributed by atoms with Crippen molar-refractivity contribution in [3.8, 4) is 11.5 Å². The second kappa shape index (κ2) is 10.1. The van der Waals surface area contributed by atoms with Gasteiger partial charge in [0.15, 0.2) is 0 Å². The maximum absolute atomic E-state index is 12.0. The number of aryl methyl sites for hydroxylation is 2. The van der Waals surface area contributed by atoms with E-state index in [0.29, 0.717) is 36.0 Å². The summed E-state index contributed by atoms with van der Waals surface area (Å²) in [5.74, 6) is -0.401. The van der Waals surface area contributed by atoms with E-state index in [1.165, 1.54) is 6.21 Å². The second-order valence-corrected chi connectivity index (χ2v) is 6.02. The lowest BCUT2D eigenvalue weighted by molar-refractivity contribution is -0.136. The summed E-state index contributed by atoms with van der Waals surface area (Å²) in [7, 11) is 0. The highest BCUT2D eigenvalue weighted by molar-refractivity contribution is 6.39. The van der Waals surface area contributed by atoms with Gasteiger partial charge in [-0.05, 0) is 63.1 Å². The predicted octanol–water partition coefficient (Wildman–Crippen LogP) is 3.19. The molecule has 0 aliphatic heterocycles. The molecule has 28 heavy (non-hydrogen) atoms. The Morgan fingerprint density at radius 1 is 0.964 bits per heavy atom. The van der Waals surface area contributed by atoms with Crippen molar-refractivity contribution in [3.05, 3.63) is 53.1 Å². The van der Waals surface area contributed by atoms with E-state index in [0.717, 1.165) is 11.1 Å². The molecular formula is C21H25N3O4. The number of rotatable bonds is 7. The molecular weight excluding hydrogens is 358 g/mol. The van der Waals surface area contributed by atoms with Crippen LogP contribution in [0.2, 0.25) is 0 Å². The number of hydrogen-bond acceptors (Lipinski definition) is 5. The summed E-state index contributed by atoms with van der Waals surface area (Å²) < 4.78 is 11.0. The normalized spacial score (nSPS) is 10.6. The van der Waals surface area contributed by atoms with Crippen molar-refractivity contribution < 1.29 is 19.1 Å². The zero-order valence-corrected chi connectivity index (χ0v) is 16.5. The number of carbonyl (C=O) groups excluding carboxylic acids is 2. The van der Waals surface area contributed by atoms with E-state index in [4.69, 9.17) is 9.47 Å². The molecule has 0 saturated heterocycles. The fraction of sp³-hybridized carbons (Fsp3) is 0.286. The molecule has 0 saturated carbocycles. The Bertz CT molecular complexity index is 878. The third-order valence-electron chi connectivity index (χ3n) is 3.94. The van der Waals surface area contributed by atoms with Crippen LogP contribution < -0.4 is 20.2 Å². The molecule has 0 aliphatic rings. The quantitative estimate of drug-likeness (QED) is 0.437. The lowest BCUT2D eigenvalue weighted by Crippen LogP contribution is -2.32. The van der Waals surface area contributed by atoms with E-state index >= 15 is 0 Å². The Kier molecular flexibility index (Phi) is 7.56. The minimum absolute atomic E-state index is 0.473. The monoisotopic (exact) mass is 383 g/mol. The van der Waals surface area contributed by atoms with Crippen molar-refractivity contribution >= 4 is 23.7 Å². The van der Waals surface area contributed by atoms with Crippen LogP contribution in [0.1, 0.15) is 30.5 Å². The average molecular weight is 383 g/mol. The number of anilines is 1. The molecule has 2 aromatic rings. The molecule has 0 atom stereocenters. The van der Waals surface area contributed by atoms with E-state index in [-0.39, 0.29) is 0 Å². The van der Waals surface area contributed by atoms with Gasteiger partial charge < -0.3 is 14.8 Å². The van der Waals surface area contributed by atoms with Crippen LogP contribution in [0.15, 0.2) is 41.5 Å². The highest BCUT2D eigenvalue weighted by atomic mass is 16.5. The van der Waals surface area contributed by atoms with E-state index in [2.05, 4.69) is 15.8 Å². The molecule has 0 spiro atoms. The van der Waals surface area contributed by atoms with Crippen molar-refractivity contribution in [2.24, 2.45) is 5.10 Å². The van der Waals surface area contributed by atoms with Crippen LogP contribution in [0.3, 0.4) is 0 Å². The largest absolute Gasteiger partial charge is 0.494 e. The number of carbonyl (C=O) groups is 2. The third kappa shape index (κ3) is 5.84. The summed E-state index contributed by atoms with van der Waals surface area (Å²) in [5.41, 5.74) is 5.55. The Labute approximate surface area is 164 Å². The van der Waals surface area contributed by atoms with Crippen LogP contribution in [-0.4, -0.2) is 31.2 Å². The standard InChI is InChI=1S/C21H25N3O4/c1-5-27-18-10-8-16(19(12-18)28-6-2)13-22-24-21(26)20(25)23-17-9-7-14(3)15(4)11-17/h7-13H,5-6H2,1-4H3,(H,23,25)(H,24,26)/b22-13-. The van der Waals surface area contributed by atoms with Gasteiger partial charge in [-0.25, -0.2) is 5.43 Å². The van der Waals surface area contributed by atoms with Gasteiger partial charge >= 0.3 is 11.8 Å². The van der Waals surface area contributed by atoms with Gasteiger partial charge in [-0.3, -0.25) is 9.59 Å². The Balaban J connectivity index is 1.99. The molecule has 0 bridgehead atoms. The first kappa shape index (κ1) is 21.0. The molecule has 2 rings (SSSR count). The van der Waals surface area contributed by atoms with Crippen LogP contribution in [0.4, 0.5) is 5.69 Å². The summed E-state index contributed by atoms with van der Waals surface area (Å²) in [4.78, 5) is 24.0. The summed E-state index contributed by atoms with van der Waals surface area (Å²) in [6, 6.07) is 10.7. The minimum atomic E-state index is -0.863. The number of hydrogen-bond donors (Lipinski definition) is 2. The molecule has 2 amide bonds. The minimum Gasteiger partial charge on any atom is -0.494 e. The number of hydrazone groups is 1. The van der Waals surface area contributed by atoms with Crippen LogP contribution >= 0.6 is 0 Å². The van der Waals surface area contributed by atoms with E-state index in [9.17, 15) is 9.59 Å². The Morgan fingerprint density at radius 3 is 2.39 bits per heavy atom. The van der Waals surface area contributed by atoms with Gasteiger partial charge in [0.25, 0.3) is 0 Å². The molecule has 0 radical (unpaired) electrons. The van der Waals surface area contributed by atoms with Crippen LogP contribution in [0, 0.1) is 13.8 Å². The fourth-order valence-electron chi connectivity index (χ4n) is 2.38. The van der Waals surface area contributed by atoms with Gasteiger partial charge in [0.1, 0.15) is 11.5 Å². The third-order valence-corrected chi connectivity index (χ3v) is 3.94. The van der Waals surface area contributed by atoms with Gasteiger partial charge in [0.05, 0.1) is 19.4 Å². The number of ether oxygens (including phenoxy) is 2. The number of benzene rings is 2. The topological polar surface area (TPSA) is 89.0 Å². The molecule has 0 aliphatic carbocycles. The fourth-order valence-corrected chi connectivity index (χ4v) is 2.38. The van der Waals surface area contributed by atoms with E-state index in [1.807, 2.05) is 33.8 Å². The van der Waals surface area contributed by atoms with Gasteiger partial charge in [-0.1, -0.05) is 6.07 Å². The predicted molar refractivity (Wildman–Crippen MR) is 109 cm³/mol. The average Bonchev–Trinajstić information content (AvgIpc) is 2.66.